The number of anilines is 4. The number of likely N-dealkylation sites (N-methyl/N-ethyl adjacent to an activating group) is 1. The second-order valence-electron chi connectivity index (χ2n) is 9.76. The molecule has 5 heterocycles. The Kier molecular flexibility index (Phi) is 6.12. The summed E-state index contributed by atoms with van der Waals surface area (Å²) < 4.78 is 47.6. The summed E-state index contributed by atoms with van der Waals surface area (Å²) in [6, 6.07) is 10.4. The molecular formula is C26H28F3N7O. The first-order valence-corrected chi connectivity index (χ1v) is 12.4. The molecule has 37 heavy (non-hydrogen) atoms. The van der Waals surface area contributed by atoms with Gasteiger partial charge in [-0.15, -0.1) is 0 Å². The van der Waals surface area contributed by atoms with Gasteiger partial charge in [-0.25, -0.2) is 15.0 Å². The number of morpholine rings is 1. The predicted molar refractivity (Wildman–Crippen MR) is 135 cm³/mol. The number of fused-ring (bicyclic) bond motifs is 2. The highest BCUT2D eigenvalue weighted by Crippen LogP contribution is 2.43. The number of nitrogens with one attached hydrogen (secondary N) is 1. The summed E-state index contributed by atoms with van der Waals surface area (Å²) in [6.45, 7) is 4.34. The van der Waals surface area contributed by atoms with Gasteiger partial charge in [-0.3, -0.25) is 4.90 Å². The SMILES string of the molecule is CN1C[C@@H]2C[C@H]1CN2c1ccc(Nc2nccc(-c3ccc(N4CCOCC4)nc3)n2)cc1C(F)(F)F. The molecule has 2 aromatic heterocycles. The third-order valence-electron chi connectivity index (χ3n) is 7.42. The van der Waals surface area contributed by atoms with Gasteiger partial charge in [0.1, 0.15) is 5.82 Å². The Hall–Kier alpha value is -3.44. The minimum atomic E-state index is -4.47. The van der Waals surface area contributed by atoms with Crippen LogP contribution in [-0.2, 0) is 10.9 Å². The molecule has 0 radical (unpaired) electrons. The van der Waals surface area contributed by atoms with Crippen molar-refractivity contribution in [3.63, 3.8) is 0 Å². The van der Waals surface area contributed by atoms with Gasteiger partial charge in [0.15, 0.2) is 0 Å². The predicted octanol–water partition coefficient (Wildman–Crippen LogP) is 4.03. The molecule has 1 N–H and O–H groups in total. The number of likely N-dealkylation sites (tertiary alicyclic amines) is 1. The molecular weight excluding hydrogens is 483 g/mol. The number of hydrogen-bond donors (Lipinski definition) is 1. The van der Waals surface area contributed by atoms with Gasteiger partial charge < -0.3 is 19.9 Å². The van der Waals surface area contributed by atoms with E-state index in [-0.39, 0.29) is 23.4 Å². The van der Waals surface area contributed by atoms with Crippen molar-refractivity contribution in [3.05, 3.63) is 54.4 Å². The van der Waals surface area contributed by atoms with Crippen molar-refractivity contribution in [1.82, 2.24) is 19.9 Å². The van der Waals surface area contributed by atoms with Crippen LogP contribution in [0.3, 0.4) is 0 Å². The van der Waals surface area contributed by atoms with Gasteiger partial charge in [-0.2, -0.15) is 13.2 Å². The molecule has 0 unspecified atom stereocenters. The van der Waals surface area contributed by atoms with Gasteiger partial charge >= 0.3 is 6.18 Å². The van der Waals surface area contributed by atoms with Crippen molar-refractivity contribution >= 4 is 23.1 Å². The van der Waals surface area contributed by atoms with Crippen LogP contribution < -0.4 is 15.1 Å². The Morgan fingerprint density at radius 1 is 1.00 bits per heavy atom. The van der Waals surface area contributed by atoms with E-state index in [0.29, 0.717) is 31.5 Å². The lowest BCUT2D eigenvalue weighted by Crippen LogP contribution is -2.45. The molecule has 0 amide bonds. The normalized spacial score (nSPS) is 22.1. The number of alkyl halides is 3. The molecule has 3 aliphatic rings. The average Bonchev–Trinajstić information content (AvgIpc) is 3.49. The second kappa shape index (κ2) is 9.46. The number of ether oxygens (including phenoxy) is 1. The largest absolute Gasteiger partial charge is 0.418 e. The molecule has 2 atom stereocenters. The number of nitrogens with zero attached hydrogens (tertiary/aromatic N) is 6. The second-order valence-corrected chi connectivity index (χ2v) is 9.76. The van der Waals surface area contributed by atoms with Crippen molar-refractivity contribution < 1.29 is 17.9 Å². The molecule has 3 aliphatic heterocycles. The first kappa shape index (κ1) is 23.9. The van der Waals surface area contributed by atoms with Gasteiger partial charge in [0.25, 0.3) is 0 Å². The zero-order valence-corrected chi connectivity index (χ0v) is 20.4. The lowest BCUT2D eigenvalue weighted by Gasteiger charge is -2.35. The Balaban J connectivity index is 1.22. The molecule has 3 saturated heterocycles. The van der Waals surface area contributed by atoms with Gasteiger partial charge in [0, 0.05) is 67.6 Å². The summed E-state index contributed by atoms with van der Waals surface area (Å²) in [5, 5.41) is 2.96. The summed E-state index contributed by atoms with van der Waals surface area (Å²) in [5.74, 6) is 1.09. The first-order valence-electron chi connectivity index (χ1n) is 12.4. The van der Waals surface area contributed by atoms with E-state index >= 15 is 0 Å². The quantitative estimate of drug-likeness (QED) is 0.551. The van der Waals surface area contributed by atoms with Crippen LogP contribution in [-0.4, -0.2) is 78.4 Å². The highest BCUT2D eigenvalue weighted by atomic mass is 19.4. The molecule has 0 saturated carbocycles. The highest BCUT2D eigenvalue weighted by molar-refractivity contribution is 5.67. The van der Waals surface area contributed by atoms with Crippen LogP contribution in [0, 0.1) is 0 Å². The number of halogens is 3. The number of benzene rings is 1. The lowest BCUT2D eigenvalue weighted by atomic mass is 10.1. The molecule has 2 bridgehead atoms. The number of aromatic nitrogens is 3. The fourth-order valence-corrected chi connectivity index (χ4v) is 5.48. The molecule has 3 aromatic rings. The maximum absolute atomic E-state index is 14.1. The maximum atomic E-state index is 14.1. The number of pyridine rings is 1. The molecule has 0 aliphatic carbocycles. The average molecular weight is 512 g/mol. The van der Waals surface area contributed by atoms with E-state index in [2.05, 4.69) is 30.1 Å². The summed E-state index contributed by atoms with van der Waals surface area (Å²) in [5.41, 5.74) is 1.30. The summed E-state index contributed by atoms with van der Waals surface area (Å²) >= 11 is 0. The third-order valence-corrected chi connectivity index (χ3v) is 7.42. The lowest BCUT2D eigenvalue weighted by molar-refractivity contribution is -0.137. The number of rotatable bonds is 5. The van der Waals surface area contributed by atoms with E-state index in [1.807, 2.05) is 24.1 Å². The van der Waals surface area contributed by atoms with Crippen molar-refractivity contribution in [3.8, 4) is 11.3 Å². The van der Waals surface area contributed by atoms with Crippen molar-refractivity contribution in [2.24, 2.45) is 0 Å². The fraction of sp³-hybridized carbons (Fsp3) is 0.423. The van der Waals surface area contributed by atoms with Crippen molar-refractivity contribution in [2.45, 2.75) is 24.7 Å². The fourth-order valence-electron chi connectivity index (χ4n) is 5.48. The summed E-state index contributed by atoms with van der Waals surface area (Å²) in [6.07, 6.45) is -0.250. The van der Waals surface area contributed by atoms with E-state index in [4.69, 9.17) is 4.74 Å². The molecule has 194 valence electrons. The van der Waals surface area contributed by atoms with Crippen LogP contribution in [0.2, 0.25) is 0 Å². The van der Waals surface area contributed by atoms with Gasteiger partial charge in [-0.1, -0.05) is 0 Å². The monoisotopic (exact) mass is 511 g/mol. The minimum absolute atomic E-state index is 0.109. The number of piperazine rings is 1. The van der Waals surface area contributed by atoms with Crippen LogP contribution in [0.25, 0.3) is 11.3 Å². The van der Waals surface area contributed by atoms with E-state index in [1.165, 1.54) is 0 Å². The van der Waals surface area contributed by atoms with Crippen LogP contribution >= 0.6 is 0 Å². The van der Waals surface area contributed by atoms with Crippen LogP contribution in [0.4, 0.5) is 36.3 Å². The Bertz CT molecular complexity index is 1260. The highest BCUT2D eigenvalue weighted by Gasteiger charge is 2.44. The molecule has 6 rings (SSSR count). The van der Waals surface area contributed by atoms with E-state index in [9.17, 15) is 13.2 Å². The van der Waals surface area contributed by atoms with Crippen molar-refractivity contribution in [2.75, 3.05) is 61.6 Å². The Labute approximate surface area is 213 Å². The Morgan fingerprint density at radius 3 is 2.51 bits per heavy atom. The van der Waals surface area contributed by atoms with Crippen molar-refractivity contribution in [1.29, 1.82) is 0 Å². The number of hydrogen-bond acceptors (Lipinski definition) is 8. The summed E-state index contributed by atoms with van der Waals surface area (Å²) in [4.78, 5) is 19.6. The van der Waals surface area contributed by atoms with E-state index in [0.717, 1.165) is 43.5 Å². The molecule has 8 nitrogen and oxygen atoms in total. The maximum Gasteiger partial charge on any atom is 0.418 e. The van der Waals surface area contributed by atoms with Crippen LogP contribution in [0.5, 0.6) is 0 Å². The Morgan fingerprint density at radius 2 is 1.84 bits per heavy atom. The zero-order valence-electron chi connectivity index (χ0n) is 20.4. The van der Waals surface area contributed by atoms with Crippen LogP contribution in [0.15, 0.2) is 48.8 Å². The van der Waals surface area contributed by atoms with Crippen LogP contribution in [0.1, 0.15) is 12.0 Å². The van der Waals surface area contributed by atoms with E-state index in [1.54, 1.807) is 30.6 Å². The molecule has 0 spiro atoms. The topological polar surface area (TPSA) is 69.7 Å². The first-order chi connectivity index (χ1) is 17.8. The molecule has 1 aromatic carbocycles. The van der Waals surface area contributed by atoms with Gasteiger partial charge in [0.2, 0.25) is 5.95 Å². The summed E-state index contributed by atoms with van der Waals surface area (Å²) in [7, 11) is 2.03. The molecule has 3 fully saturated rings. The smallest absolute Gasteiger partial charge is 0.378 e. The third kappa shape index (κ3) is 4.80. The van der Waals surface area contributed by atoms with E-state index < -0.39 is 11.7 Å². The standard InChI is InChI=1S/C26H28F3N7O/c1-34-15-20-13-19(34)16-36(20)23-4-3-18(12-21(23)26(27,28)29)32-25-30-7-6-22(33-25)17-2-5-24(31-14-17)35-8-10-37-11-9-35/h2-7,12,14,19-20H,8-11,13,15-16H2,1H3,(H,30,32,33)/t19-,20-/m0/s1. The minimum Gasteiger partial charge on any atom is -0.378 e. The zero-order chi connectivity index (χ0) is 25.6. The van der Waals surface area contributed by atoms with Gasteiger partial charge in [0.05, 0.1) is 24.5 Å². The molecule has 11 heteroatoms. The van der Waals surface area contributed by atoms with Gasteiger partial charge in [-0.05, 0) is 49.9 Å².